The van der Waals surface area contributed by atoms with Gasteiger partial charge in [0.15, 0.2) is 0 Å². The number of nitrogens with one attached hydrogen (secondary N) is 1. The van der Waals surface area contributed by atoms with Crippen molar-refractivity contribution in [1.29, 1.82) is 0 Å². The summed E-state index contributed by atoms with van der Waals surface area (Å²) in [6, 6.07) is 13.8. The van der Waals surface area contributed by atoms with Crippen LogP contribution in [0.1, 0.15) is 11.1 Å². The molecule has 1 fully saturated rings. The number of hydrogen-bond acceptors (Lipinski definition) is 5. The number of ether oxygens (including phenoxy) is 1. The zero-order chi connectivity index (χ0) is 20.1. The van der Waals surface area contributed by atoms with Crippen LogP contribution in [0, 0.1) is 23.0 Å². The average molecular weight is 383 g/mol. The molecular weight excluding hydrogens is 358 g/mol. The first kappa shape index (κ1) is 19.8. The smallest absolute Gasteiger partial charge is 0.292 e. The number of anilines is 1. The summed E-state index contributed by atoms with van der Waals surface area (Å²) in [5, 5.41) is 14.5. The van der Waals surface area contributed by atoms with Crippen molar-refractivity contribution in [3.05, 3.63) is 69.8 Å². The van der Waals surface area contributed by atoms with Gasteiger partial charge in [-0.25, -0.2) is 0 Å². The number of carbonyl (C=O) groups excluding carboxylic acids is 1. The fraction of sp³-hybridized carbons (Fsp3) is 0.381. The number of para-hydroxylation sites is 2. The van der Waals surface area contributed by atoms with E-state index >= 15 is 0 Å². The third-order valence-electron chi connectivity index (χ3n) is 4.96. The van der Waals surface area contributed by atoms with E-state index in [9.17, 15) is 14.9 Å². The topological polar surface area (TPSA) is 84.7 Å². The minimum Gasteiger partial charge on any atom is -0.384 e. The van der Waals surface area contributed by atoms with Crippen molar-refractivity contribution in [2.24, 2.45) is 5.92 Å². The maximum absolute atomic E-state index is 13.1. The van der Waals surface area contributed by atoms with Crippen LogP contribution < -0.4 is 5.32 Å². The number of methoxy groups -OCH3 is 1. The molecule has 0 radical (unpaired) electrons. The Bertz CT molecular complexity index is 832. The Morgan fingerprint density at radius 2 is 1.93 bits per heavy atom. The second-order valence-corrected chi connectivity index (χ2v) is 7.23. The van der Waals surface area contributed by atoms with Crippen molar-refractivity contribution in [2.45, 2.75) is 19.4 Å². The summed E-state index contributed by atoms with van der Waals surface area (Å²) in [5.74, 6) is 0.297. The number of amides is 1. The van der Waals surface area contributed by atoms with Crippen LogP contribution in [0.4, 0.5) is 11.4 Å². The van der Waals surface area contributed by atoms with Gasteiger partial charge in [-0.15, -0.1) is 0 Å². The molecule has 0 bridgehead atoms. The predicted molar refractivity (Wildman–Crippen MR) is 107 cm³/mol. The SMILES string of the molecule is COCC1CN(C(=O)C(Cc2ccc(C)cc2)Nc2ccccc2[N+](=O)[O-])C1. The molecule has 0 saturated carbocycles. The number of rotatable bonds is 8. The van der Waals surface area contributed by atoms with Crippen LogP contribution in [-0.2, 0) is 16.0 Å². The summed E-state index contributed by atoms with van der Waals surface area (Å²) in [6.07, 6.45) is 0.455. The molecule has 1 aliphatic rings. The first-order chi connectivity index (χ1) is 13.5. The van der Waals surface area contributed by atoms with Crippen LogP contribution >= 0.6 is 0 Å². The van der Waals surface area contributed by atoms with Gasteiger partial charge in [-0.3, -0.25) is 14.9 Å². The van der Waals surface area contributed by atoms with Crippen molar-refractivity contribution >= 4 is 17.3 Å². The molecule has 2 aromatic rings. The summed E-state index contributed by atoms with van der Waals surface area (Å²) >= 11 is 0. The highest BCUT2D eigenvalue weighted by atomic mass is 16.6. The van der Waals surface area contributed by atoms with Crippen LogP contribution in [-0.4, -0.2) is 48.6 Å². The molecule has 1 saturated heterocycles. The summed E-state index contributed by atoms with van der Waals surface area (Å²) in [7, 11) is 1.65. The van der Waals surface area contributed by atoms with E-state index in [2.05, 4.69) is 5.32 Å². The Kier molecular flexibility index (Phi) is 6.26. The van der Waals surface area contributed by atoms with Gasteiger partial charge in [0, 0.05) is 38.6 Å². The average Bonchev–Trinajstić information content (AvgIpc) is 2.65. The van der Waals surface area contributed by atoms with Crippen LogP contribution in [0.25, 0.3) is 0 Å². The van der Waals surface area contributed by atoms with Gasteiger partial charge in [0.2, 0.25) is 5.91 Å². The van der Waals surface area contributed by atoms with Gasteiger partial charge >= 0.3 is 0 Å². The lowest BCUT2D eigenvalue weighted by Gasteiger charge is -2.41. The lowest BCUT2D eigenvalue weighted by molar-refractivity contribution is -0.384. The molecule has 0 aliphatic carbocycles. The van der Waals surface area contributed by atoms with Crippen molar-refractivity contribution in [1.82, 2.24) is 4.90 Å². The maximum Gasteiger partial charge on any atom is 0.292 e. The van der Waals surface area contributed by atoms with Crippen molar-refractivity contribution in [2.75, 3.05) is 32.1 Å². The summed E-state index contributed by atoms with van der Waals surface area (Å²) in [4.78, 5) is 25.8. The number of nitro groups is 1. The van der Waals surface area contributed by atoms with Crippen LogP contribution in [0.15, 0.2) is 48.5 Å². The molecule has 1 amide bonds. The van der Waals surface area contributed by atoms with E-state index in [4.69, 9.17) is 4.74 Å². The maximum atomic E-state index is 13.1. The van der Waals surface area contributed by atoms with E-state index in [1.54, 1.807) is 30.2 Å². The van der Waals surface area contributed by atoms with Gasteiger partial charge < -0.3 is 15.0 Å². The van der Waals surface area contributed by atoms with E-state index in [1.165, 1.54) is 6.07 Å². The highest BCUT2D eigenvalue weighted by molar-refractivity contribution is 5.86. The summed E-state index contributed by atoms with van der Waals surface area (Å²) < 4.78 is 5.15. The molecule has 1 N–H and O–H groups in total. The molecule has 1 aliphatic heterocycles. The number of benzene rings is 2. The molecule has 28 heavy (non-hydrogen) atoms. The molecule has 148 valence electrons. The van der Waals surface area contributed by atoms with Crippen LogP contribution in [0.2, 0.25) is 0 Å². The largest absolute Gasteiger partial charge is 0.384 e. The minimum atomic E-state index is -0.577. The van der Waals surface area contributed by atoms with E-state index in [0.717, 1.165) is 11.1 Å². The second-order valence-electron chi connectivity index (χ2n) is 7.23. The zero-order valence-electron chi connectivity index (χ0n) is 16.1. The number of aryl methyl sites for hydroxylation is 1. The van der Waals surface area contributed by atoms with E-state index in [1.807, 2.05) is 31.2 Å². The highest BCUT2D eigenvalue weighted by Crippen LogP contribution is 2.26. The molecular formula is C21H25N3O4. The molecule has 7 nitrogen and oxygen atoms in total. The van der Waals surface area contributed by atoms with Crippen molar-refractivity contribution in [3.63, 3.8) is 0 Å². The van der Waals surface area contributed by atoms with E-state index < -0.39 is 11.0 Å². The van der Waals surface area contributed by atoms with Crippen molar-refractivity contribution in [3.8, 4) is 0 Å². The number of nitro benzene ring substituents is 1. The Hall–Kier alpha value is -2.93. The number of carbonyl (C=O) groups is 1. The standard InChI is InChI=1S/C21H25N3O4/c1-15-7-9-16(10-8-15)11-19(21(25)23-12-17(13-23)14-28-2)22-18-5-3-4-6-20(18)24(26)27/h3-10,17,19,22H,11-14H2,1-2H3. The Morgan fingerprint density at radius 1 is 1.25 bits per heavy atom. The van der Waals surface area contributed by atoms with Crippen LogP contribution in [0.3, 0.4) is 0 Å². The zero-order valence-corrected chi connectivity index (χ0v) is 16.1. The molecule has 7 heteroatoms. The van der Waals surface area contributed by atoms with Gasteiger partial charge in [-0.1, -0.05) is 42.0 Å². The Labute approximate surface area is 164 Å². The number of hydrogen-bond donors (Lipinski definition) is 1. The lowest BCUT2D eigenvalue weighted by Crippen LogP contribution is -2.56. The van der Waals surface area contributed by atoms with E-state index in [-0.39, 0.29) is 11.6 Å². The van der Waals surface area contributed by atoms with Gasteiger partial charge in [-0.2, -0.15) is 0 Å². The summed E-state index contributed by atoms with van der Waals surface area (Å²) in [6.45, 7) is 3.93. The second kappa shape index (κ2) is 8.84. The van der Waals surface area contributed by atoms with Gasteiger partial charge in [0.25, 0.3) is 5.69 Å². The predicted octanol–water partition coefficient (Wildman–Crippen LogP) is 3.03. The monoisotopic (exact) mass is 383 g/mol. The number of nitrogens with zero attached hydrogens (tertiary/aromatic N) is 2. The third kappa shape index (κ3) is 4.67. The molecule has 0 aromatic heterocycles. The molecule has 2 aromatic carbocycles. The molecule has 3 rings (SSSR count). The van der Waals surface area contributed by atoms with Crippen molar-refractivity contribution < 1.29 is 14.5 Å². The lowest BCUT2D eigenvalue weighted by atomic mass is 9.97. The molecule has 0 spiro atoms. The van der Waals surface area contributed by atoms with E-state index in [0.29, 0.717) is 37.7 Å². The summed E-state index contributed by atoms with van der Waals surface area (Å²) in [5.41, 5.74) is 2.46. The third-order valence-corrected chi connectivity index (χ3v) is 4.96. The Balaban J connectivity index is 1.79. The van der Waals surface area contributed by atoms with Gasteiger partial charge in [-0.05, 0) is 18.6 Å². The first-order valence-corrected chi connectivity index (χ1v) is 9.31. The molecule has 1 unspecified atom stereocenters. The van der Waals surface area contributed by atoms with Gasteiger partial charge in [0.05, 0.1) is 11.5 Å². The first-order valence-electron chi connectivity index (χ1n) is 9.31. The fourth-order valence-corrected chi connectivity index (χ4v) is 3.41. The quantitative estimate of drug-likeness (QED) is 0.559. The number of likely N-dealkylation sites (tertiary alicyclic amines) is 1. The van der Waals surface area contributed by atoms with Crippen LogP contribution in [0.5, 0.6) is 0 Å². The molecule has 1 atom stereocenters. The fourth-order valence-electron chi connectivity index (χ4n) is 3.41. The minimum absolute atomic E-state index is 0.0370. The van der Waals surface area contributed by atoms with Gasteiger partial charge in [0.1, 0.15) is 11.7 Å². The molecule has 1 heterocycles. The Morgan fingerprint density at radius 3 is 2.57 bits per heavy atom. The highest BCUT2D eigenvalue weighted by Gasteiger charge is 2.35. The normalized spacial score (nSPS) is 15.0.